The van der Waals surface area contributed by atoms with E-state index in [0.29, 0.717) is 16.3 Å². The number of hydrogen-bond donors (Lipinski definition) is 0. The van der Waals surface area contributed by atoms with E-state index < -0.39 is 27.4 Å². The standard InChI is InChI=1S/C24H19F3N4O3S/c1-3-35(32,33)21-17-6-4-15(23(13-28)8-9-23)10-14(17)12-29-20(21)22-30-18-11-16(34-24(25,26)27)5-7-19(18)31(22)2/h4-7,10-12H,3,8-9H2,1-2H3. The van der Waals surface area contributed by atoms with E-state index >= 15 is 0 Å². The highest BCUT2D eigenvalue weighted by atomic mass is 32.2. The lowest BCUT2D eigenvalue weighted by Crippen LogP contribution is -2.16. The fourth-order valence-electron chi connectivity index (χ4n) is 4.29. The summed E-state index contributed by atoms with van der Waals surface area (Å²) >= 11 is 0. The SMILES string of the molecule is CCS(=O)(=O)c1c(-c2nc3cc(OC(F)(F)F)ccc3n2C)ncc2cc(C3(C#N)CC3)ccc12. The number of rotatable bonds is 5. The van der Waals surface area contributed by atoms with Gasteiger partial charge in [-0.15, -0.1) is 13.2 Å². The van der Waals surface area contributed by atoms with E-state index in [0.717, 1.165) is 24.5 Å². The number of benzene rings is 2. The third-order valence-corrected chi connectivity index (χ3v) is 8.14. The lowest BCUT2D eigenvalue weighted by atomic mass is 9.95. The molecule has 2 aromatic heterocycles. The van der Waals surface area contributed by atoms with Crippen LogP contribution in [0.1, 0.15) is 25.3 Å². The molecule has 4 aromatic rings. The van der Waals surface area contributed by atoms with Crippen LogP contribution < -0.4 is 4.74 Å². The summed E-state index contributed by atoms with van der Waals surface area (Å²) in [5.41, 5.74) is 1.07. The van der Waals surface area contributed by atoms with Crippen molar-refractivity contribution in [3.8, 4) is 23.3 Å². The van der Waals surface area contributed by atoms with E-state index in [1.807, 2.05) is 0 Å². The van der Waals surface area contributed by atoms with Gasteiger partial charge in [-0.2, -0.15) is 5.26 Å². The molecule has 2 aromatic carbocycles. The molecule has 1 saturated carbocycles. The maximum atomic E-state index is 13.2. The molecule has 0 saturated heterocycles. The highest BCUT2D eigenvalue weighted by molar-refractivity contribution is 7.91. The molecule has 0 unspecified atom stereocenters. The minimum Gasteiger partial charge on any atom is -0.406 e. The molecule has 5 rings (SSSR count). The Morgan fingerprint density at radius 2 is 1.94 bits per heavy atom. The van der Waals surface area contributed by atoms with Gasteiger partial charge >= 0.3 is 6.36 Å². The van der Waals surface area contributed by atoms with Gasteiger partial charge in [-0.1, -0.05) is 19.1 Å². The smallest absolute Gasteiger partial charge is 0.406 e. The summed E-state index contributed by atoms with van der Waals surface area (Å²) in [6.07, 6.45) is -1.81. The molecule has 0 amide bonds. The van der Waals surface area contributed by atoms with Crippen molar-refractivity contribution >= 4 is 31.6 Å². The van der Waals surface area contributed by atoms with Crippen molar-refractivity contribution in [1.82, 2.24) is 14.5 Å². The molecular formula is C24H19F3N4O3S. The van der Waals surface area contributed by atoms with Crippen molar-refractivity contribution in [2.75, 3.05) is 5.75 Å². The van der Waals surface area contributed by atoms with Crippen molar-refractivity contribution < 1.29 is 26.3 Å². The monoisotopic (exact) mass is 500 g/mol. The van der Waals surface area contributed by atoms with Gasteiger partial charge in [0.2, 0.25) is 0 Å². The fourth-order valence-corrected chi connectivity index (χ4v) is 5.54. The summed E-state index contributed by atoms with van der Waals surface area (Å²) in [7, 11) is -2.15. The van der Waals surface area contributed by atoms with Crippen LogP contribution in [-0.4, -0.2) is 35.1 Å². The Morgan fingerprint density at radius 3 is 2.57 bits per heavy atom. The number of nitriles is 1. The number of nitrogens with zero attached hydrogens (tertiary/aromatic N) is 4. The van der Waals surface area contributed by atoms with Gasteiger partial charge in [-0.05, 0) is 36.6 Å². The highest BCUT2D eigenvalue weighted by Crippen LogP contribution is 2.48. The summed E-state index contributed by atoms with van der Waals surface area (Å²) in [5.74, 6) is -0.419. The maximum Gasteiger partial charge on any atom is 0.573 e. The van der Waals surface area contributed by atoms with Crippen LogP contribution in [-0.2, 0) is 22.3 Å². The van der Waals surface area contributed by atoms with E-state index in [4.69, 9.17) is 0 Å². The number of alkyl halides is 3. The van der Waals surface area contributed by atoms with Crippen molar-refractivity contribution in [2.45, 2.75) is 36.4 Å². The maximum absolute atomic E-state index is 13.2. The van der Waals surface area contributed by atoms with Crippen LogP contribution in [0.15, 0.2) is 47.5 Å². The lowest BCUT2D eigenvalue weighted by Gasteiger charge is -2.14. The zero-order chi connectivity index (χ0) is 25.2. The van der Waals surface area contributed by atoms with Crippen LogP contribution in [0.4, 0.5) is 13.2 Å². The van der Waals surface area contributed by atoms with Crippen molar-refractivity contribution in [3.63, 3.8) is 0 Å². The fraction of sp³-hybridized carbons (Fsp3) is 0.292. The Balaban J connectivity index is 1.72. The molecule has 0 bridgehead atoms. The Morgan fingerprint density at radius 1 is 1.20 bits per heavy atom. The lowest BCUT2D eigenvalue weighted by molar-refractivity contribution is -0.274. The Hall–Kier alpha value is -3.65. The van der Waals surface area contributed by atoms with Crippen LogP contribution in [0, 0.1) is 11.3 Å². The number of pyridine rings is 1. The Kier molecular flexibility index (Phi) is 5.07. The van der Waals surface area contributed by atoms with Crippen molar-refractivity contribution in [2.24, 2.45) is 7.05 Å². The first-order valence-corrected chi connectivity index (χ1v) is 12.4. The quantitative estimate of drug-likeness (QED) is 0.381. The van der Waals surface area contributed by atoms with Crippen LogP contribution in [0.5, 0.6) is 5.75 Å². The molecule has 0 radical (unpaired) electrons. The molecule has 180 valence electrons. The largest absolute Gasteiger partial charge is 0.573 e. The van der Waals surface area contributed by atoms with E-state index in [-0.39, 0.29) is 27.7 Å². The van der Waals surface area contributed by atoms with Crippen LogP contribution in [0.3, 0.4) is 0 Å². The number of fused-ring (bicyclic) bond motifs is 2. The number of aryl methyl sites for hydroxylation is 1. The zero-order valence-electron chi connectivity index (χ0n) is 18.7. The summed E-state index contributed by atoms with van der Waals surface area (Å²) in [6.45, 7) is 1.52. The molecular weight excluding hydrogens is 481 g/mol. The average molecular weight is 501 g/mol. The molecule has 1 aliphatic carbocycles. The first-order valence-electron chi connectivity index (χ1n) is 10.8. The number of aromatic nitrogens is 3. The van der Waals surface area contributed by atoms with Gasteiger partial charge in [0.15, 0.2) is 15.7 Å². The van der Waals surface area contributed by atoms with Gasteiger partial charge in [0, 0.05) is 30.1 Å². The van der Waals surface area contributed by atoms with Gasteiger partial charge in [-0.3, -0.25) is 4.98 Å². The summed E-state index contributed by atoms with van der Waals surface area (Å²) in [5, 5.41) is 10.6. The molecule has 7 nitrogen and oxygen atoms in total. The molecule has 1 aliphatic rings. The van der Waals surface area contributed by atoms with Gasteiger partial charge in [0.1, 0.15) is 16.3 Å². The summed E-state index contributed by atoms with van der Waals surface area (Å²) < 4.78 is 70.0. The molecule has 2 heterocycles. The minimum atomic E-state index is -4.85. The zero-order valence-corrected chi connectivity index (χ0v) is 19.5. The number of imidazole rings is 1. The van der Waals surface area contributed by atoms with E-state index in [1.165, 1.54) is 25.3 Å². The van der Waals surface area contributed by atoms with E-state index in [9.17, 15) is 26.9 Å². The molecule has 0 aliphatic heterocycles. The van der Waals surface area contributed by atoms with Crippen LogP contribution >= 0.6 is 0 Å². The molecule has 0 spiro atoms. The predicted octanol–water partition coefficient (Wildman–Crippen LogP) is 5.04. The molecule has 1 fully saturated rings. The van der Waals surface area contributed by atoms with E-state index in [2.05, 4.69) is 20.8 Å². The number of ether oxygens (including phenoxy) is 1. The minimum absolute atomic E-state index is 0.00368. The number of hydrogen-bond acceptors (Lipinski definition) is 6. The van der Waals surface area contributed by atoms with E-state index in [1.54, 1.807) is 29.8 Å². The number of halogens is 3. The second-order valence-corrected chi connectivity index (χ2v) is 10.7. The van der Waals surface area contributed by atoms with Crippen LogP contribution in [0.25, 0.3) is 33.3 Å². The van der Waals surface area contributed by atoms with Gasteiger partial charge in [-0.25, -0.2) is 13.4 Å². The molecule has 11 heteroatoms. The first-order chi connectivity index (χ1) is 16.5. The normalized spacial score (nSPS) is 15.3. The highest BCUT2D eigenvalue weighted by Gasteiger charge is 2.45. The Bertz CT molecular complexity index is 1650. The molecule has 0 N–H and O–H groups in total. The summed E-state index contributed by atoms with van der Waals surface area (Å²) in [6, 6.07) is 11.3. The topological polar surface area (TPSA) is 97.9 Å². The third-order valence-electron chi connectivity index (χ3n) is 6.35. The first kappa shape index (κ1) is 23.1. The van der Waals surface area contributed by atoms with Crippen molar-refractivity contribution in [1.29, 1.82) is 5.26 Å². The summed E-state index contributed by atoms with van der Waals surface area (Å²) in [4.78, 5) is 8.85. The molecule has 0 atom stereocenters. The second kappa shape index (κ2) is 7.68. The third kappa shape index (κ3) is 3.87. The van der Waals surface area contributed by atoms with Gasteiger partial charge in [0.05, 0.1) is 28.3 Å². The van der Waals surface area contributed by atoms with Gasteiger partial charge < -0.3 is 9.30 Å². The number of sulfone groups is 1. The van der Waals surface area contributed by atoms with Gasteiger partial charge in [0.25, 0.3) is 0 Å². The Labute approximate surface area is 198 Å². The second-order valence-electron chi connectivity index (χ2n) is 8.53. The van der Waals surface area contributed by atoms with Crippen LogP contribution in [0.2, 0.25) is 0 Å². The van der Waals surface area contributed by atoms with Crippen molar-refractivity contribution in [3.05, 3.63) is 48.2 Å². The average Bonchev–Trinajstić information content (AvgIpc) is 3.55. The molecule has 35 heavy (non-hydrogen) atoms. The predicted molar refractivity (Wildman–Crippen MR) is 122 cm³/mol.